The Kier molecular flexibility index (Phi) is 5.01. The Bertz CT molecular complexity index is 651. The predicted molar refractivity (Wildman–Crippen MR) is 92.1 cm³/mol. The maximum Gasteiger partial charge on any atom is 0.225 e. The lowest BCUT2D eigenvalue weighted by molar-refractivity contribution is -0.128. The predicted octanol–water partition coefficient (Wildman–Crippen LogP) is 4.01. The van der Waals surface area contributed by atoms with Gasteiger partial charge >= 0.3 is 0 Å². The summed E-state index contributed by atoms with van der Waals surface area (Å²) in [6.07, 6.45) is 0.900. The molecule has 0 aliphatic carbocycles. The summed E-state index contributed by atoms with van der Waals surface area (Å²) >= 11 is 1.69. The highest BCUT2D eigenvalue weighted by Crippen LogP contribution is 2.22. The van der Waals surface area contributed by atoms with Gasteiger partial charge in [-0.1, -0.05) is 50.6 Å². The van der Waals surface area contributed by atoms with Crippen molar-refractivity contribution in [3.8, 4) is 0 Å². The minimum absolute atomic E-state index is 0.0560. The smallest absolute Gasteiger partial charge is 0.225 e. The molecule has 0 saturated carbocycles. The van der Waals surface area contributed by atoms with Crippen LogP contribution in [0.4, 0.5) is 0 Å². The fraction of sp³-hybridized carbons (Fsp3) is 0.444. The molecule has 1 N–H and O–H groups in total. The molecule has 0 unspecified atom stereocenters. The van der Waals surface area contributed by atoms with Crippen molar-refractivity contribution >= 4 is 17.2 Å². The van der Waals surface area contributed by atoms with E-state index in [0.29, 0.717) is 6.54 Å². The second-order valence-corrected chi connectivity index (χ2v) is 7.88. The topological polar surface area (TPSA) is 42.0 Å². The van der Waals surface area contributed by atoms with Crippen molar-refractivity contribution in [1.82, 2.24) is 10.3 Å². The van der Waals surface area contributed by atoms with Crippen molar-refractivity contribution in [3.63, 3.8) is 0 Å². The van der Waals surface area contributed by atoms with Gasteiger partial charge in [-0.15, -0.1) is 11.3 Å². The van der Waals surface area contributed by atoms with Crippen LogP contribution in [0.2, 0.25) is 0 Å². The molecule has 0 spiro atoms. The number of rotatable bonds is 4. The number of amides is 1. The summed E-state index contributed by atoms with van der Waals surface area (Å²) in [7, 11) is 0. The summed E-state index contributed by atoms with van der Waals surface area (Å²) in [6, 6.07) is 8.59. The first-order chi connectivity index (χ1) is 10.3. The molecule has 0 atom stereocenters. The number of hydrogen-bond acceptors (Lipinski definition) is 3. The van der Waals surface area contributed by atoms with Crippen molar-refractivity contribution < 1.29 is 4.79 Å². The molecule has 0 radical (unpaired) electrons. The van der Waals surface area contributed by atoms with Gasteiger partial charge in [0.25, 0.3) is 0 Å². The maximum absolute atomic E-state index is 11.9. The van der Waals surface area contributed by atoms with E-state index >= 15 is 0 Å². The van der Waals surface area contributed by atoms with E-state index in [9.17, 15) is 4.79 Å². The zero-order chi connectivity index (χ0) is 16.3. The number of carbonyl (C=O) groups excluding carboxylic acids is 1. The Morgan fingerprint density at radius 3 is 2.41 bits per heavy atom. The van der Waals surface area contributed by atoms with Crippen LogP contribution in [0.25, 0.3) is 0 Å². The molecule has 3 nitrogen and oxygen atoms in total. The molecule has 0 aliphatic rings. The quantitative estimate of drug-likeness (QED) is 0.926. The minimum Gasteiger partial charge on any atom is -0.349 e. The van der Waals surface area contributed by atoms with E-state index < -0.39 is 0 Å². The number of nitrogens with zero attached hydrogens (tertiary/aromatic N) is 1. The average molecular weight is 316 g/mol. The van der Waals surface area contributed by atoms with Crippen molar-refractivity contribution in [3.05, 3.63) is 51.0 Å². The largest absolute Gasteiger partial charge is 0.349 e. The number of hydrogen-bond donors (Lipinski definition) is 1. The van der Waals surface area contributed by atoms with E-state index in [2.05, 4.69) is 41.5 Å². The van der Waals surface area contributed by atoms with E-state index in [-0.39, 0.29) is 11.3 Å². The molecule has 1 amide bonds. The Morgan fingerprint density at radius 1 is 1.18 bits per heavy atom. The fourth-order valence-corrected chi connectivity index (χ4v) is 3.08. The average Bonchev–Trinajstić information content (AvgIpc) is 2.78. The number of nitrogens with one attached hydrogen (secondary N) is 1. The Balaban J connectivity index is 2.02. The third-order valence-electron chi connectivity index (χ3n) is 3.50. The molecule has 1 heterocycles. The van der Waals surface area contributed by atoms with Gasteiger partial charge < -0.3 is 5.32 Å². The van der Waals surface area contributed by atoms with Gasteiger partial charge in [0.1, 0.15) is 5.01 Å². The van der Waals surface area contributed by atoms with E-state index in [1.54, 1.807) is 11.3 Å². The third kappa shape index (κ3) is 4.41. The lowest BCUT2D eigenvalue weighted by atomic mass is 9.96. The van der Waals surface area contributed by atoms with Crippen LogP contribution < -0.4 is 5.32 Å². The molecular formula is C18H24N2OS. The van der Waals surface area contributed by atoms with E-state index in [1.807, 2.05) is 27.7 Å². The molecule has 4 heteroatoms. The second-order valence-electron chi connectivity index (χ2n) is 6.71. The van der Waals surface area contributed by atoms with Crippen LogP contribution in [0, 0.1) is 19.3 Å². The number of benzene rings is 1. The Labute approximate surface area is 136 Å². The van der Waals surface area contributed by atoms with Gasteiger partial charge in [0, 0.05) is 16.7 Å². The number of aromatic nitrogens is 1. The van der Waals surface area contributed by atoms with Gasteiger partial charge in [-0.3, -0.25) is 4.79 Å². The SMILES string of the molecule is Cc1ccc(Cc2sc(CNC(=O)C(C)(C)C)nc2C)cc1. The van der Waals surface area contributed by atoms with Gasteiger partial charge in [-0.2, -0.15) is 0 Å². The molecule has 1 aromatic carbocycles. The highest BCUT2D eigenvalue weighted by atomic mass is 32.1. The van der Waals surface area contributed by atoms with Crippen LogP contribution in [0.15, 0.2) is 24.3 Å². The Hall–Kier alpha value is -1.68. The number of carbonyl (C=O) groups is 1. The maximum atomic E-state index is 11.9. The molecule has 0 aliphatic heterocycles. The van der Waals surface area contributed by atoms with Gasteiger partial charge in [0.05, 0.1) is 12.2 Å². The molecule has 1 aromatic heterocycles. The fourth-order valence-electron chi connectivity index (χ4n) is 2.04. The molecule has 2 rings (SSSR count). The molecule has 118 valence electrons. The van der Waals surface area contributed by atoms with Gasteiger partial charge in [-0.05, 0) is 19.4 Å². The van der Waals surface area contributed by atoms with Crippen molar-refractivity contribution in [2.24, 2.45) is 5.41 Å². The summed E-state index contributed by atoms with van der Waals surface area (Å²) in [4.78, 5) is 17.8. The van der Waals surface area contributed by atoms with Crippen molar-refractivity contribution in [1.29, 1.82) is 0 Å². The van der Waals surface area contributed by atoms with Gasteiger partial charge in [0.2, 0.25) is 5.91 Å². The van der Waals surface area contributed by atoms with Crippen LogP contribution >= 0.6 is 11.3 Å². The van der Waals surface area contributed by atoms with Crippen LogP contribution in [0.1, 0.15) is 47.5 Å². The summed E-state index contributed by atoms with van der Waals surface area (Å²) in [5, 5.41) is 3.93. The van der Waals surface area contributed by atoms with Crippen molar-refractivity contribution in [2.75, 3.05) is 0 Å². The van der Waals surface area contributed by atoms with Gasteiger partial charge in [0.15, 0.2) is 0 Å². The van der Waals surface area contributed by atoms with Crippen LogP contribution in [0.3, 0.4) is 0 Å². The summed E-state index contributed by atoms with van der Waals surface area (Å²) in [5.41, 5.74) is 3.26. The molecule has 0 saturated heterocycles. The zero-order valence-electron chi connectivity index (χ0n) is 14.0. The normalized spacial score (nSPS) is 11.5. The first kappa shape index (κ1) is 16.7. The minimum atomic E-state index is -0.364. The number of thiazole rings is 1. The summed E-state index contributed by atoms with van der Waals surface area (Å²) < 4.78 is 0. The number of aryl methyl sites for hydroxylation is 2. The first-order valence-corrected chi connectivity index (χ1v) is 8.36. The molecular weight excluding hydrogens is 292 g/mol. The standard InChI is InChI=1S/C18H24N2OS/c1-12-6-8-14(9-7-12)10-15-13(2)20-16(22-15)11-19-17(21)18(3,4)5/h6-9H,10-11H2,1-5H3,(H,19,21). The molecule has 0 bridgehead atoms. The zero-order valence-corrected chi connectivity index (χ0v) is 14.8. The molecule has 22 heavy (non-hydrogen) atoms. The summed E-state index contributed by atoms with van der Waals surface area (Å²) in [6.45, 7) is 10.4. The van der Waals surface area contributed by atoms with E-state index in [1.165, 1.54) is 16.0 Å². The third-order valence-corrected chi connectivity index (χ3v) is 4.66. The van der Waals surface area contributed by atoms with Crippen molar-refractivity contribution in [2.45, 2.75) is 47.6 Å². The first-order valence-electron chi connectivity index (χ1n) is 7.55. The van der Waals surface area contributed by atoms with E-state index in [4.69, 9.17) is 0 Å². The highest BCUT2D eigenvalue weighted by Gasteiger charge is 2.21. The van der Waals surface area contributed by atoms with Crippen LogP contribution in [-0.4, -0.2) is 10.9 Å². The molecule has 2 aromatic rings. The lowest BCUT2D eigenvalue weighted by Gasteiger charge is -2.16. The summed E-state index contributed by atoms with van der Waals surface area (Å²) in [5.74, 6) is 0.0560. The molecule has 0 fully saturated rings. The highest BCUT2D eigenvalue weighted by molar-refractivity contribution is 7.11. The lowest BCUT2D eigenvalue weighted by Crippen LogP contribution is -2.34. The van der Waals surface area contributed by atoms with E-state index in [0.717, 1.165) is 17.1 Å². The Morgan fingerprint density at radius 2 is 1.82 bits per heavy atom. The monoisotopic (exact) mass is 316 g/mol. The van der Waals surface area contributed by atoms with Gasteiger partial charge in [-0.25, -0.2) is 4.98 Å². The van der Waals surface area contributed by atoms with Crippen LogP contribution in [0.5, 0.6) is 0 Å². The second kappa shape index (κ2) is 6.61. The van der Waals surface area contributed by atoms with Crippen LogP contribution in [-0.2, 0) is 17.8 Å².